The zero-order valence-corrected chi connectivity index (χ0v) is 13.3. The van der Waals surface area contributed by atoms with E-state index < -0.39 is 0 Å². The fraction of sp³-hybridized carbons (Fsp3) is 1.00. The minimum Gasteiger partial charge on any atom is -0.317 e. The molecule has 3 heteroatoms. The highest BCUT2D eigenvalue weighted by atomic mass is 15.2. The van der Waals surface area contributed by atoms with Crippen LogP contribution >= 0.6 is 0 Å². The van der Waals surface area contributed by atoms with Crippen LogP contribution in [0.2, 0.25) is 0 Å². The van der Waals surface area contributed by atoms with Crippen molar-refractivity contribution in [2.45, 2.75) is 51.9 Å². The Hall–Kier alpha value is -0.120. The second-order valence-electron chi connectivity index (χ2n) is 6.02. The molecule has 0 aliphatic carbocycles. The van der Waals surface area contributed by atoms with Crippen molar-refractivity contribution in [3.05, 3.63) is 0 Å². The Labute approximate surface area is 120 Å². The summed E-state index contributed by atoms with van der Waals surface area (Å²) in [5.41, 5.74) is 0. The summed E-state index contributed by atoms with van der Waals surface area (Å²) in [5, 5.41) is 3.47. The molecule has 0 saturated carbocycles. The molecular formula is C16H35N3. The molecule has 3 nitrogen and oxygen atoms in total. The van der Waals surface area contributed by atoms with Crippen LogP contribution in [0.3, 0.4) is 0 Å². The van der Waals surface area contributed by atoms with Gasteiger partial charge >= 0.3 is 0 Å². The van der Waals surface area contributed by atoms with Crippen molar-refractivity contribution in [1.82, 2.24) is 15.1 Å². The van der Waals surface area contributed by atoms with Gasteiger partial charge in [-0.2, -0.15) is 0 Å². The summed E-state index contributed by atoms with van der Waals surface area (Å²) < 4.78 is 0. The topological polar surface area (TPSA) is 18.5 Å². The van der Waals surface area contributed by atoms with Crippen LogP contribution in [0.25, 0.3) is 0 Å². The molecule has 0 atom stereocenters. The van der Waals surface area contributed by atoms with Crippen molar-refractivity contribution in [3.8, 4) is 0 Å². The van der Waals surface area contributed by atoms with Gasteiger partial charge in [0.05, 0.1) is 0 Å². The molecule has 0 aromatic heterocycles. The molecule has 1 heterocycles. The molecule has 0 amide bonds. The predicted octanol–water partition coefficient (Wildman–Crippen LogP) is 2.57. The molecule has 1 rings (SSSR count). The largest absolute Gasteiger partial charge is 0.317 e. The van der Waals surface area contributed by atoms with Crippen molar-refractivity contribution in [2.24, 2.45) is 0 Å². The minimum absolute atomic E-state index is 1.18. The second-order valence-corrected chi connectivity index (χ2v) is 6.02. The predicted molar refractivity (Wildman–Crippen MR) is 84.8 cm³/mol. The lowest BCUT2D eigenvalue weighted by atomic mass is 10.2. The lowest BCUT2D eigenvalue weighted by Crippen LogP contribution is -2.31. The maximum Gasteiger partial charge on any atom is 0.0109 e. The number of hydrogen-bond donors (Lipinski definition) is 1. The number of nitrogens with one attached hydrogen (secondary N) is 1. The van der Waals surface area contributed by atoms with Crippen LogP contribution in [-0.4, -0.2) is 62.7 Å². The van der Waals surface area contributed by atoms with Gasteiger partial charge in [0.25, 0.3) is 0 Å². The first kappa shape index (κ1) is 16.9. The molecule has 0 unspecified atom stereocenters. The highest BCUT2D eigenvalue weighted by Gasteiger charge is 2.11. The number of likely N-dealkylation sites (tertiary alicyclic amines) is 1. The molecule has 0 bridgehead atoms. The van der Waals surface area contributed by atoms with E-state index in [1.165, 1.54) is 90.8 Å². The van der Waals surface area contributed by atoms with Crippen LogP contribution in [0.5, 0.6) is 0 Å². The quantitative estimate of drug-likeness (QED) is 0.549. The average molecular weight is 269 g/mol. The number of likely N-dealkylation sites (N-methyl/N-ethyl adjacent to an activating group) is 1. The van der Waals surface area contributed by atoms with E-state index in [0.29, 0.717) is 0 Å². The van der Waals surface area contributed by atoms with Gasteiger partial charge in [0.2, 0.25) is 0 Å². The number of nitrogens with zero attached hydrogens (tertiary/aromatic N) is 2. The smallest absolute Gasteiger partial charge is 0.0109 e. The third-order valence-electron chi connectivity index (χ3n) is 4.07. The summed E-state index contributed by atoms with van der Waals surface area (Å²) in [7, 11) is 2.28. The molecular weight excluding hydrogens is 234 g/mol. The van der Waals surface area contributed by atoms with Crippen LogP contribution in [0.15, 0.2) is 0 Å². The van der Waals surface area contributed by atoms with Gasteiger partial charge in [-0.05, 0) is 71.9 Å². The molecule has 0 aromatic rings. The van der Waals surface area contributed by atoms with E-state index >= 15 is 0 Å². The van der Waals surface area contributed by atoms with Gasteiger partial charge in [0.15, 0.2) is 0 Å². The van der Waals surface area contributed by atoms with Crippen molar-refractivity contribution in [2.75, 3.05) is 52.9 Å². The third kappa shape index (κ3) is 9.42. The highest BCUT2D eigenvalue weighted by Crippen LogP contribution is 2.07. The van der Waals surface area contributed by atoms with Crippen LogP contribution in [0, 0.1) is 0 Å². The Morgan fingerprint density at radius 3 is 2.42 bits per heavy atom. The van der Waals surface area contributed by atoms with Crippen molar-refractivity contribution in [1.29, 1.82) is 0 Å². The Morgan fingerprint density at radius 2 is 1.68 bits per heavy atom. The summed E-state index contributed by atoms with van der Waals surface area (Å²) in [6.07, 6.45) is 9.56. The lowest BCUT2D eigenvalue weighted by molar-refractivity contribution is 0.253. The van der Waals surface area contributed by atoms with E-state index in [2.05, 4.69) is 29.1 Å². The van der Waals surface area contributed by atoms with Crippen LogP contribution in [-0.2, 0) is 0 Å². The molecule has 1 fully saturated rings. The van der Waals surface area contributed by atoms with Gasteiger partial charge in [0, 0.05) is 13.1 Å². The Balaban J connectivity index is 1.80. The van der Waals surface area contributed by atoms with Gasteiger partial charge < -0.3 is 15.1 Å². The summed E-state index contributed by atoms with van der Waals surface area (Å²) in [5.74, 6) is 0. The third-order valence-corrected chi connectivity index (χ3v) is 4.07. The van der Waals surface area contributed by atoms with Gasteiger partial charge in [-0.3, -0.25) is 0 Å². The molecule has 19 heavy (non-hydrogen) atoms. The molecule has 1 saturated heterocycles. The van der Waals surface area contributed by atoms with Crippen LogP contribution < -0.4 is 5.32 Å². The average Bonchev–Trinajstić information content (AvgIpc) is 2.93. The first-order valence-corrected chi connectivity index (χ1v) is 8.44. The SMILES string of the molecule is CCCNCCCCCCN(C)CCN1CCCC1. The Morgan fingerprint density at radius 1 is 0.947 bits per heavy atom. The lowest BCUT2D eigenvalue weighted by Gasteiger charge is -2.21. The molecule has 0 radical (unpaired) electrons. The molecule has 0 aromatic carbocycles. The zero-order chi connectivity index (χ0) is 13.8. The number of rotatable bonds is 12. The standard InChI is InChI=1S/C16H35N3/c1-3-10-17-11-6-4-5-7-12-18(2)15-16-19-13-8-9-14-19/h17H,3-16H2,1-2H3. The van der Waals surface area contributed by atoms with Crippen molar-refractivity contribution in [3.63, 3.8) is 0 Å². The van der Waals surface area contributed by atoms with E-state index in [9.17, 15) is 0 Å². The van der Waals surface area contributed by atoms with E-state index in [4.69, 9.17) is 0 Å². The molecule has 1 N–H and O–H groups in total. The second kappa shape index (κ2) is 11.7. The Bertz CT molecular complexity index is 190. The van der Waals surface area contributed by atoms with Crippen molar-refractivity contribution >= 4 is 0 Å². The number of unbranched alkanes of at least 4 members (excludes halogenated alkanes) is 3. The summed E-state index contributed by atoms with van der Waals surface area (Å²) in [6, 6.07) is 0. The molecule has 1 aliphatic rings. The van der Waals surface area contributed by atoms with E-state index in [1.54, 1.807) is 0 Å². The van der Waals surface area contributed by atoms with Gasteiger partial charge in [-0.1, -0.05) is 19.8 Å². The van der Waals surface area contributed by atoms with E-state index in [0.717, 1.165) is 0 Å². The maximum absolute atomic E-state index is 3.47. The Kier molecular flexibility index (Phi) is 10.4. The van der Waals surface area contributed by atoms with Gasteiger partial charge in [-0.25, -0.2) is 0 Å². The zero-order valence-electron chi connectivity index (χ0n) is 13.3. The fourth-order valence-electron chi connectivity index (χ4n) is 2.72. The van der Waals surface area contributed by atoms with Crippen LogP contribution in [0.4, 0.5) is 0 Å². The normalized spacial score (nSPS) is 16.6. The molecule has 0 spiro atoms. The van der Waals surface area contributed by atoms with Crippen molar-refractivity contribution < 1.29 is 0 Å². The molecule has 1 aliphatic heterocycles. The first-order valence-electron chi connectivity index (χ1n) is 8.44. The highest BCUT2D eigenvalue weighted by molar-refractivity contribution is 4.67. The minimum atomic E-state index is 1.18. The monoisotopic (exact) mass is 269 g/mol. The van der Waals surface area contributed by atoms with E-state index in [1.807, 2.05) is 0 Å². The maximum atomic E-state index is 3.47. The van der Waals surface area contributed by atoms with Gasteiger partial charge in [-0.15, -0.1) is 0 Å². The summed E-state index contributed by atoms with van der Waals surface area (Å²) in [4.78, 5) is 5.11. The van der Waals surface area contributed by atoms with Gasteiger partial charge in [0.1, 0.15) is 0 Å². The first-order chi connectivity index (χ1) is 9.33. The number of hydrogen-bond acceptors (Lipinski definition) is 3. The van der Waals surface area contributed by atoms with E-state index in [-0.39, 0.29) is 0 Å². The van der Waals surface area contributed by atoms with Crippen LogP contribution in [0.1, 0.15) is 51.9 Å². The molecule has 114 valence electrons. The fourth-order valence-corrected chi connectivity index (χ4v) is 2.72. The summed E-state index contributed by atoms with van der Waals surface area (Å²) in [6.45, 7) is 11.1. The summed E-state index contributed by atoms with van der Waals surface area (Å²) >= 11 is 0.